The third kappa shape index (κ3) is 6.39. The third-order valence-corrected chi connectivity index (χ3v) is 5.62. The molecule has 2 atom stereocenters. The molecule has 1 amide bonds. The van der Waals surface area contributed by atoms with Crippen molar-refractivity contribution in [1.29, 1.82) is 0 Å². The summed E-state index contributed by atoms with van der Waals surface area (Å²) >= 11 is 0. The molecule has 0 spiro atoms. The molecule has 3 rings (SSSR count). The van der Waals surface area contributed by atoms with E-state index in [4.69, 9.17) is 9.84 Å². The fraction of sp³-hybridized carbons (Fsp3) is 0.545. The van der Waals surface area contributed by atoms with E-state index in [-0.39, 0.29) is 17.5 Å². The number of likely N-dealkylation sites (tertiary alicyclic amines) is 1. The molecule has 1 aromatic carbocycles. The summed E-state index contributed by atoms with van der Waals surface area (Å²) in [6, 6.07) is 6.78. The summed E-state index contributed by atoms with van der Waals surface area (Å²) in [6.07, 6.45) is 5.91. The van der Waals surface area contributed by atoms with Crippen LogP contribution in [0, 0.1) is 0 Å². The van der Waals surface area contributed by atoms with Gasteiger partial charge >= 0.3 is 5.97 Å². The lowest BCUT2D eigenvalue weighted by molar-refractivity contribution is -0.128. The molecule has 2 heterocycles. The summed E-state index contributed by atoms with van der Waals surface area (Å²) in [7, 11) is 0. The number of carboxylic acids is 1. The SMILES string of the molecule is O=C(O)c1ccc(CCN2C(=O)CC[C@@H]2/C=C/C(O)CCN2CCOCC2)cc1. The molecule has 0 aliphatic carbocycles. The van der Waals surface area contributed by atoms with E-state index in [0.717, 1.165) is 44.8 Å². The van der Waals surface area contributed by atoms with Gasteiger partial charge in [0, 0.05) is 32.6 Å². The molecule has 0 saturated carbocycles. The minimum atomic E-state index is -0.941. The second-order valence-corrected chi connectivity index (χ2v) is 7.64. The lowest BCUT2D eigenvalue weighted by atomic mass is 10.1. The number of carboxylic acid groups (broad SMARTS) is 1. The average molecular weight is 402 g/mol. The molecule has 2 aliphatic heterocycles. The van der Waals surface area contributed by atoms with Gasteiger partial charge in [-0.1, -0.05) is 24.3 Å². The van der Waals surface area contributed by atoms with Crippen LogP contribution in [0.2, 0.25) is 0 Å². The van der Waals surface area contributed by atoms with Crippen LogP contribution < -0.4 is 0 Å². The zero-order chi connectivity index (χ0) is 20.6. The predicted molar refractivity (Wildman–Crippen MR) is 109 cm³/mol. The van der Waals surface area contributed by atoms with Crippen LogP contribution in [0.3, 0.4) is 0 Å². The molecule has 0 bridgehead atoms. The maximum atomic E-state index is 12.3. The zero-order valence-corrected chi connectivity index (χ0v) is 16.7. The maximum Gasteiger partial charge on any atom is 0.335 e. The minimum absolute atomic E-state index is 0.0128. The molecule has 0 radical (unpaired) electrons. The van der Waals surface area contributed by atoms with Crippen molar-refractivity contribution in [2.24, 2.45) is 0 Å². The van der Waals surface area contributed by atoms with Gasteiger partial charge in [-0.25, -0.2) is 4.79 Å². The highest BCUT2D eigenvalue weighted by Crippen LogP contribution is 2.21. The zero-order valence-electron chi connectivity index (χ0n) is 16.7. The molecule has 2 aliphatic rings. The second-order valence-electron chi connectivity index (χ2n) is 7.64. The Kier molecular flexibility index (Phi) is 7.80. The van der Waals surface area contributed by atoms with Gasteiger partial charge in [0.2, 0.25) is 5.91 Å². The van der Waals surface area contributed by atoms with E-state index < -0.39 is 12.1 Å². The molecular weight excluding hydrogens is 372 g/mol. The monoisotopic (exact) mass is 402 g/mol. The van der Waals surface area contributed by atoms with Crippen molar-refractivity contribution < 1.29 is 24.5 Å². The van der Waals surface area contributed by atoms with Crippen molar-refractivity contribution in [2.45, 2.75) is 37.8 Å². The summed E-state index contributed by atoms with van der Waals surface area (Å²) < 4.78 is 5.33. The minimum Gasteiger partial charge on any atom is -0.478 e. The van der Waals surface area contributed by atoms with E-state index in [1.807, 2.05) is 17.1 Å². The van der Waals surface area contributed by atoms with Gasteiger partial charge in [0.15, 0.2) is 0 Å². The largest absolute Gasteiger partial charge is 0.478 e. The van der Waals surface area contributed by atoms with Gasteiger partial charge in [-0.2, -0.15) is 0 Å². The number of carbonyl (C=O) groups is 2. The number of aliphatic hydroxyl groups is 1. The van der Waals surface area contributed by atoms with Crippen LogP contribution in [0.15, 0.2) is 36.4 Å². The quantitative estimate of drug-likeness (QED) is 0.609. The number of benzene rings is 1. The topological polar surface area (TPSA) is 90.3 Å². The van der Waals surface area contributed by atoms with Crippen LogP contribution in [0.5, 0.6) is 0 Å². The fourth-order valence-corrected chi connectivity index (χ4v) is 3.80. The number of ether oxygens (including phenoxy) is 1. The molecule has 7 heteroatoms. The van der Waals surface area contributed by atoms with E-state index in [2.05, 4.69) is 4.90 Å². The number of amides is 1. The first-order chi connectivity index (χ1) is 14.0. The van der Waals surface area contributed by atoms with Crippen LogP contribution in [0.4, 0.5) is 0 Å². The Morgan fingerprint density at radius 3 is 2.62 bits per heavy atom. The number of aliphatic hydroxyl groups excluding tert-OH is 1. The molecular formula is C22H30N2O5. The Morgan fingerprint density at radius 2 is 1.93 bits per heavy atom. The predicted octanol–water partition coefficient (Wildman–Crippen LogP) is 1.56. The summed E-state index contributed by atoms with van der Waals surface area (Å²) in [5, 5.41) is 19.2. The van der Waals surface area contributed by atoms with E-state index in [9.17, 15) is 14.7 Å². The lowest BCUT2D eigenvalue weighted by Gasteiger charge is -2.27. The number of nitrogens with zero attached hydrogens (tertiary/aromatic N) is 2. The highest BCUT2D eigenvalue weighted by Gasteiger charge is 2.28. The molecule has 2 N–H and O–H groups in total. The number of hydrogen-bond donors (Lipinski definition) is 2. The van der Waals surface area contributed by atoms with Gasteiger partial charge in [-0.15, -0.1) is 0 Å². The van der Waals surface area contributed by atoms with Crippen LogP contribution >= 0.6 is 0 Å². The van der Waals surface area contributed by atoms with Crippen LogP contribution in [-0.2, 0) is 16.0 Å². The second kappa shape index (κ2) is 10.5. The summed E-state index contributed by atoms with van der Waals surface area (Å²) in [4.78, 5) is 27.3. The van der Waals surface area contributed by atoms with Crippen LogP contribution in [0.1, 0.15) is 35.2 Å². The number of carbonyl (C=O) groups excluding carboxylic acids is 1. The van der Waals surface area contributed by atoms with Crippen LogP contribution in [0.25, 0.3) is 0 Å². The first-order valence-corrected chi connectivity index (χ1v) is 10.3. The van der Waals surface area contributed by atoms with Gasteiger partial charge in [0.05, 0.1) is 30.9 Å². The van der Waals surface area contributed by atoms with Gasteiger partial charge in [0.25, 0.3) is 0 Å². The molecule has 1 aromatic rings. The van der Waals surface area contributed by atoms with Gasteiger partial charge < -0.3 is 19.8 Å². The molecule has 158 valence electrons. The molecule has 0 aromatic heterocycles. The normalized spacial score (nSPS) is 21.8. The average Bonchev–Trinajstić information content (AvgIpc) is 3.09. The maximum absolute atomic E-state index is 12.3. The first kappa shape index (κ1) is 21.5. The van der Waals surface area contributed by atoms with E-state index in [1.54, 1.807) is 24.3 Å². The smallest absolute Gasteiger partial charge is 0.335 e. The van der Waals surface area contributed by atoms with Crippen molar-refractivity contribution in [3.63, 3.8) is 0 Å². The fourth-order valence-electron chi connectivity index (χ4n) is 3.80. The summed E-state index contributed by atoms with van der Waals surface area (Å²) in [5.41, 5.74) is 1.26. The number of rotatable bonds is 9. The first-order valence-electron chi connectivity index (χ1n) is 10.3. The highest BCUT2D eigenvalue weighted by atomic mass is 16.5. The molecule has 7 nitrogen and oxygen atoms in total. The summed E-state index contributed by atoms with van der Waals surface area (Å²) in [6.45, 7) is 4.76. The van der Waals surface area contributed by atoms with Crippen molar-refractivity contribution in [2.75, 3.05) is 39.4 Å². The summed E-state index contributed by atoms with van der Waals surface area (Å²) in [5.74, 6) is -0.812. The standard InChI is InChI=1S/C22H30N2O5/c25-20(10-11-23-13-15-29-16-14-23)7-5-19-6-8-21(26)24(19)12-9-17-1-3-18(4-2-17)22(27)28/h1-5,7,19-20,25H,6,8-16H2,(H,27,28)/b7-5+/t19-,20?/m0/s1. The Morgan fingerprint density at radius 1 is 1.21 bits per heavy atom. The van der Waals surface area contributed by atoms with Gasteiger partial charge in [-0.3, -0.25) is 9.69 Å². The Labute approximate surface area is 171 Å². The van der Waals surface area contributed by atoms with Crippen molar-refractivity contribution in [1.82, 2.24) is 9.80 Å². The van der Waals surface area contributed by atoms with E-state index >= 15 is 0 Å². The Balaban J connectivity index is 1.47. The highest BCUT2D eigenvalue weighted by molar-refractivity contribution is 5.87. The lowest BCUT2D eigenvalue weighted by Crippen LogP contribution is -2.37. The third-order valence-electron chi connectivity index (χ3n) is 5.62. The van der Waals surface area contributed by atoms with Gasteiger partial charge in [0.1, 0.15) is 0 Å². The van der Waals surface area contributed by atoms with E-state index in [1.165, 1.54) is 0 Å². The van der Waals surface area contributed by atoms with Crippen molar-refractivity contribution in [3.8, 4) is 0 Å². The molecule has 2 saturated heterocycles. The number of morpholine rings is 1. The van der Waals surface area contributed by atoms with Crippen LogP contribution in [-0.4, -0.2) is 83.4 Å². The van der Waals surface area contributed by atoms with Gasteiger partial charge in [-0.05, 0) is 37.0 Å². The molecule has 29 heavy (non-hydrogen) atoms. The molecule has 1 unspecified atom stereocenters. The molecule has 2 fully saturated rings. The van der Waals surface area contributed by atoms with Crippen molar-refractivity contribution >= 4 is 11.9 Å². The number of aromatic carboxylic acids is 1. The Bertz CT molecular complexity index is 712. The van der Waals surface area contributed by atoms with Crippen molar-refractivity contribution in [3.05, 3.63) is 47.5 Å². The Hall–Kier alpha value is -2.22. The van der Waals surface area contributed by atoms with E-state index in [0.29, 0.717) is 25.8 Å². The number of hydrogen-bond acceptors (Lipinski definition) is 5.